The normalized spacial score (nSPS) is 15.1. The molecule has 9 heteroatoms. The molecule has 1 fully saturated rings. The maximum Gasteiger partial charge on any atom is 0.279 e. The number of nitrogens with zero attached hydrogens (tertiary/aromatic N) is 4. The van der Waals surface area contributed by atoms with Crippen molar-refractivity contribution in [2.45, 2.75) is 18.8 Å². The van der Waals surface area contributed by atoms with E-state index in [1.54, 1.807) is 12.3 Å². The summed E-state index contributed by atoms with van der Waals surface area (Å²) < 4.78 is 1.49. The largest absolute Gasteiger partial charge is 0.317 e. The molecule has 1 aromatic carbocycles. The minimum absolute atomic E-state index is 0.212. The van der Waals surface area contributed by atoms with E-state index in [1.165, 1.54) is 20.9 Å². The van der Waals surface area contributed by atoms with Gasteiger partial charge < -0.3 is 5.32 Å². The Labute approximate surface area is 159 Å². The van der Waals surface area contributed by atoms with Crippen molar-refractivity contribution < 1.29 is 4.79 Å². The Morgan fingerprint density at radius 1 is 1.31 bits per heavy atom. The number of thiazole rings is 1. The lowest BCUT2D eigenvalue weighted by atomic mass is 9.97. The molecule has 134 valence electrons. The molecule has 0 aliphatic carbocycles. The van der Waals surface area contributed by atoms with Gasteiger partial charge in [-0.15, -0.1) is 16.4 Å². The van der Waals surface area contributed by atoms with E-state index < -0.39 is 0 Å². The monoisotopic (exact) mass is 388 g/mol. The first-order valence-electron chi connectivity index (χ1n) is 8.36. The molecule has 1 amide bonds. The molecule has 4 rings (SSSR count). The van der Waals surface area contributed by atoms with Gasteiger partial charge in [-0.25, -0.2) is 9.67 Å². The lowest BCUT2D eigenvalue weighted by molar-refractivity contribution is 0.102. The Morgan fingerprint density at radius 2 is 2.12 bits per heavy atom. The van der Waals surface area contributed by atoms with Crippen LogP contribution in [0.25, 0.3) is 5.69 Å². The van der Waals surface area contributed by atoms with Gasteiger partial charge in [-0.05, 0) is 44.0 Å². The van der Waals surface area contributed by atoms with Gasteiger partial charge in [0.1, 0.15) is 0 Å². The van der Waals surface area contributed by atoms with Crippen molar-refractivity contribution in [2.75, 3.05) is 18.4 Å². The quantitative estimate of drug-likeness (QED) is 0.717. The molecule has 0 radical (unpaired) electrons. The van der Waals surface area contributed by atoms with Crippen molar-refractivity contribution >= 4 is 34.0 Å². The summed E-state index contributed by atoms with van der Waals surface area (Å²) >= 11 is 7.67. The summed E-state index contributed by atoms with van der Waals surface area (Å²) in [6.45, 7) is 2.05. The van der Waals surface area contributed by atoms with Gasteiger partial charge in [-0.3, -0.25) is 10.1 Å². The number of piperidine rings is 1. The molecule has 0 spiro atoms. The Morgan fingerprint density at radius 3 is 2.92 bits per heavy atom. The van der Waals surface area contributed by atoms with Crippen LogP contribution in [0.5, 0.6) is 0 Å². The summed E-state index contributed by atoms with van der Waals surface area (Å²) in [6, 6.07) is 7.25. The molecule has 0 unspecified atom stereocenters. The van der Waals surface area contributed by atoms with Gasteiger partial charge in [0.25, 0.3) is 5.91 Å². The molecule has 3 aromatic rings. The van der Waals surface area contributed by atoms with E-state index in [-0.39, 0.29) is 11.6 Å². The molecule has 1 aliphatic heterocycles. The van der Waals surface area contributed by atoms with E-state index in [2.05, 4.69) is 25.9 Å². The number of aromatic nitrogens is 4. The number of amides is 1. The second-order valence-corrected chi connectivity index (χ2v) is 7.52. The number of hydrogen-bond acceptors (Lipinski definition) is 6. The second-order valence-electron chi connectivity index (χ2n) is 6.05. The van der Waals surface area contributed by atoms with Crippen LogP contribution < -0.4 is 10.6 Å². The van der Waals surface area contributed by atoms with Crippen LogP contribution in [-0.4, -0.2) is 39.0 Å². The van der Waals surface area contributed by atoms with Gasteiger partial charge in [0.2, 0.25) is 0 Å². The zero-order valence-corrected chi connectivity index (χ0v) is 15.4. The lowest BCUT2D eigenvalue weighted by Crippen LogP contribution is -2.26. The number of hydrogen-bond donors (Lipinski definition) is 2. The van der Waals surface area contributed by atoms with Crippen molar-refractivity contribution in [2.24, 2.45) is 0 Å². The molecule has 0 atom stereocenters. The Balaban J connectivity index is 1.46. The van der Waals surface area contributed by atoms with Crippen LogP contribution in [0, 0.1) is 0 Å². The highest BCUT2D eigenvalue weighted by molar-refractivity contribution is 7.15. The van der Waals surface area contributed by atoms with E-state index in [4.69, 9.17) is 11.6 Å². The average Bonchev–Trinajstić information content (AvgIpc) is 3.33. The predicted molar refractivity (Wildman–Crippen MR) is 101 cm³/mol. The molecule has 2 N–H and O–H groups in total. The highest BCUT2D eigenvalue weighted by Crippen LogP contribution is 2.31. The van der Waals surface area contributed by atoms with Crippen molar-refractivity contribution in [1.82, 2.24) is 25.3 Å². The van der Waals surface area contributed by atoms with Crippen LogP contribution in [0.15, 0.2) is 36.7 Å². The van der Waals surface area contributed by atoms with Crippen LogP contribution in [0.1, 0.15) is 34.1 Å². The number of benzene rings is 1. The third-order valence-corrected chi connectivity index (χ3v) is 5.71. The van der Waals surface area contributed by atoms with Crippen LogP contribution in [-0.2, 0) is 0 Å². The molecular formula is C17H17ClN6OS. The van der Waals surface area contributed by atoms with Crippen LogP contribution in [0.3, 0.4) is 0 Å². The van der Waals surface area contributed by atoms with Gasteiger partial charge in [0.15, 0.2) is 10.8 Å². The minimum atomic E-state index is -0.338. The van der Waals surface area contributed by atoms with Crippen LogP contribution in [0.2, 0.25) is 5.02 Å². The number of anilines is 1. The molecule has 26 heavy (non-hydrogen) atoms. The number of para-hydroxylation sites is 1. The first-order valence-corrected chi connectivity index (χ1v) is 9.55. The summed E-state index contributed by atoms with van der Waals surface area (Å²) in [4.78, 5) is 18.0. The molecule has 2 aromatic heterocycles. The van der Waals surface area contributed by atoms with Gasteiger partial charge in [-0.1, -0.05) is 28.9 Å². The SMILES string of the molecule is O=C(Nc1ncc(C2CCNCC2)s1)c1cn(-c2ccccc2Cl)nn1. The number of rotatable bonds is 4. The average molecular weight is 389 g/mol. The van der Waals surface area contributed by atoms with Crippen molar-refractivity contribution in [3.63, 3.8) is 0 Å². The van der Waals surface area contributed by atoms with Gasteiger partial charge in [0, 0.05) is 11.1 Å². The number of carbonyl (C=O) groups is 1. The number of halogens is 1. The Kier molecular flexibility index (Phi) is 4.96. The van der Waals surface area contributed by atoms with Crippen LogP contribution >= 0.6 is 22.9 Å². The molecule has 0 bridgehead atoms. The van der Waals surface area contributed by atoms with Gasteiger partial charge in [-0.2, -0.15) is 0 Å². The van der Waals surface area contributed by atoms with E-state index in [9.17, 15) is 4.79 Å². The van der Waals surface area contributed by atoms with Crippen molar-refractivity contribution in [1.29, 1.82) is 0 Å². The van der Waals surface area contributed by atoms with Crippen LogP contribution in [0.4, 0.5) is 5.13 Å². The smallest absolute Gasteiger partial charge is 0.279 e. The van der Waals surface area contributed by atoms with E-state index in [1.807, 2.05) is 24.4 Å². The standard InChI is InChI=1S/C17H17ClN6OS/c18-12-3-1-2-4-14(12)24-10-13(22-23-24)16(25)21-17-20-9-15(26-17)11-5-7-19-8-6-11/h1-4,9-11,19H,5-8H2,(H,20,21,25). The van der Waals surface area contributed by atoms with E-state index in [0.29, 0.717) is 21.8 Å². The third kappa shape index (κ3) is 3.62. The fraction of sp³-hybridized carbons (Fsp3) is 0.294. The maximum absolute atomic E-state index is 12.4. The Bertz CT molecular complexity index is 917. The molecule has 1 aliphatic rings. The first kappa shape index (κ1) is 17.1. The fourth-order valence-corrected chi connectivity index (χ4v) is 4.13. The second kappa shape index (κ2) is 7.53. The zero-order chi connectivity index (χ0) is 17.9. The van der Waals surface area contributed by atoms with Gasteiger partial charge in [0.05, 0.1) is 16.9 Å². The summed E-state index contributed by atoms with van der Waals surface area (Å²) in [5.74, 6) is 0.176. The third-order valence-electron chi connectivity index (χ3n) is 4.31. The van der Waals surface area contributed by atoms with Crippen molar-refractivity contribution in [3.05, 3.63) is 52.3 Å². The van der Waals surface area contributed by atoms with E-state index in [0.717, 1.165) is 25.9 Å². The Hall–Kier alpha value is -2.29. The van der Waals surface area contributed by atoms with Crippen molar-refractivity contribution in [3.8, 4) is 5.69 Å². The van der Waals surface area contributed by atoms with E-state index >= 15 is 0 Å². The minimum Gasteiger partial charge on any atom is -0.317 e. The molecule has 3 heterocycles. The fourth-order valence-electron chi connectivity index (χ4n) is 2.92. The summed E-state index contributed by atoms with van der Waals surface area (Å²) in [5.41, 5.74) is 0.881. The summed E-state index contributed by atoms with van der Waals surface area (Å²) in [6.07, 6.45) is 5.61. The molecular weight excluding hydrogens is 372 g/mol. The molecule has 1 saturated heterocycles. The highest BCUT2D eigenvalue weighted by Gasteiger charge is 2.19. The predicted octanol–water partition coefficient (Wildman–Crippen LogP) is 3.10. The first-order chi connectivity index (χ1) is 12.7. The lowest BCUT2D eigenvalue weighted by Gasteiger charge is -2.20. The highest BCUT2D eigenvalue weighted by atomic mass is 35.5. The molecule has 0 saturated carbocycles. The molecule has 7 nitrogen and oxygen atoms in total. The zero-order valence-electron chi connectivity index (χ0n) is 13.9. The maximum atomic E-state index is 12.4. The summed E-state index contributed by atoms with van der Waals surface area (Å²) in [5, 5.41) is 15.2. The number of nitrogens with one attached hydrogen (secondary N) is 2. The van der Waals surface area contributed by atoms with Gasteiger partial charge >= 0.3 is 0 Å². The summed E-state index contributed by atoms with van der Waals surface area (Å²) in [7, 11) is 0. The topological polar surface area (TPSA) is 84.7 Å². The number of carbonyl (C=O) groups excluding carboxylic acids is 1.